The van der Waals surface area contributed by atoms with Crippen LogP contribution in [-0.4, -0.2) is 23.2 Å². The topological polar surface area (TPSA) is 69.0 Å². The lowest BCUT2D eigenvalue weighted by Gasteiger charge is -2.18. The fourth-order valence-electron chi connectivity index (χ4n) is 4.24. The Morgan fingerprint density at radius 2 is 1.86 bits per heavy atom. The molecule has 1 N–H and O–H groups in total. The highest BCUT2D eigenvalue weighted by Gasteiger charge is 2.25. The van der Waals surface area contributed by atoms with Crippen LogP contribution in [0.4, 0.5) is 11.4 Å². The first-order valence-corrected chi connectivity index (χ1v) is 13.7. The van der Waals surface area contributed by atoms with Gasteiger partial charge in [0.15, 0.2) is 0 Å². The molecule has 7 heteroatoms. The van der Waals surface area contributed by atoms with Crippen LogP contribution < -0.4 is 10.2 Å². The molecule has 0 spiro atoms. The van der Waals surface area contributed by atoms with Gasteiger partial charge in [-0.15, -0.1) is 11.3 Å². The number of nitrogens with one attached hydrogen (secondary N) is 1. The van der Waals surface area contributed by atoms with Gasteiger partial charge in [-0.3, -0.25) is 4.79 Å². The van der Waals surface area contributed by atoms with Crippen molar-refractivity contribution in [1.29, 1.82) is 5.26 Å². The molecule has 1 aromatic heterocycles. The number of hydrogen-bond acceptors (Lipinski definition) is 6. The van der Waals surface area contributed by atoms with Gasteiger partial charge in [0.25, 0.3) is 0 Å². The molecule has 180 valence electrons. The maximum atomic E-state index is 13.2. The fraction of sp³-hybridized carbons (Fsp3) is 0.207. The standard InChI is InChI=1S/C29H26N4OS2/c1-19(2)20-11-13-22(14-12-20)31-28(23(17-30)29-32-24-8-4-6-10-26(24)36-29)35-18-27(34)33-16-15-21-7-3-5-9-25(21)33/h3-14,19,31H,15-16,18H2,1-2H3/b28-23+. The van der Waals surface area contributed by atoms with Crippen LogP contribution in [0.3, 0.4) is 0 Å². The Labute approximate surface area is 219 Å². The summed E-state index contributed by atoms with van der Waals surface area (Å²) >= 11 is 2.84. The highest BCUT2D eigenvalue weighted by molar-refractivity contribution is 8.04. The zero-order valence-corrected chi connectivity index (χ0v) is 21.8. The van der Waals surface area contributed by atoms with E-state index in [4.69, 9.17) is 4.98 Å². The normalized spacial score (nSPS) is 13.4. The van der Waals surface area contributed by atoms with Crippen molar-refractivity contribution in [3.63, 3.8) is 0 Å². The van der Waals surface area contributed by atoms with Crippen molar-refractivity contribution in [2.24, 2.45) is 0 Å². The molecule has 3 aromatic carbocycles. The van der Waals surface area contributed by atoms with Gasteiger partial charge in [-0.2, -0.15) is 5.26 Å². The molecule has 0 radical (unpaired) electrons. The number of thioether (sulfide) groups is 1. The Balaban J connectivity index is 1.45. The summed E-state index contributed by atoms with van der Waals surface area (Å²) in [6, 6.07) is 26.5. The molecule has 5 nitrogen and oxygen atoms in total. The second-order valence-electron chi connectivity index (χ2n) is 8.92. The van der Waals surface area contributed by atoms with Gasteiger partial charge in [-0.25, -0.2) is 4.98 Å². The molecular formula is C29H26N4OS2. The first kappa shape index (κ1) is 24.1. The Kier molecular flexibility index (Phi) is 7.08. The lowest BCUT2D eigenvalue weighted by Crippen LogP contribution is -2.30. The number of anilines is 2. The number of carbonyl (C=O) groups excluding carboxylic acids is 1. The smallest absolute Gasteiger partial charge is 0.237 e. The Hall–Kier alpha value is -3.60. The first-order chi connectivity index (χ1) is 17.5. The monoisotopic (exact) mass is 510 g/mol. The number of amides is 1. The minimum atomic E-state index is 0.0287. The molecule has 2 heterocycles. The second-order valence-corrected chi connectivity index (χ2v) is 10.9. The van der Waals surface area contributed by atoms with E-state index in [0.29, 0.717) is 28.1 Å². The molecule has 1 aliphatic rings. The quantitative estimate of drug-likeness (QED) is 0.270. The Morgan fingerprint density at radius 1 is 1.11 bits per heavy atom. The molecule has 0 atom stereocenters. The number of nitriles is 1. The number of thiazole rings is 1. The maximum Gasteiger partial charge on any atom is 0.237 e. The summed E-state index contributed by atoms with van der Waals surface area (Å²) in [6.45, 7) is 5.00. The second kappa shape index (κ2) is 10.6. The van der Waals surface area contributed by atoms with E-state index in [1.807, 2.05) is 59.5 Å². The van der Waals surface area contributed by atoms with Crippen LogP contribution in [-0.2, 0) is 11.2 Å². The van der Waals surface area contributed by atoms with E-state index < -0.39 is 0 Å². The molecule has 0 saturated heterocycles. The van der Waals surface area contributed by atoms with E-state index in [1.54, 1.807) is 0 Å². The Morgan fingerprint density at radius 3 is 2.61 bits per heavy atom. The van der Waals surface area contributed by atoms with Gasteiger partial charge in [-0.05, 0) is 53.8 Å². The van der Waals surface area contributed by atoms with E-state index in [9.17, 15) is 10.1 Å². The maximum absolute atomic E-state index is 13.2. The SMILES string of the molecule is CC(C)c1ccc(N/C(SCC(=O)N2CCc3ccccc32)=C(/C#N)c2nc3ccccc3s2)cc1. The summed E-state index contributed by atoms with van der Waals surface area (Å²) in [5, 5.41) is 14.9. The third-order valence-electron chi connectivity index (χ3n) is 6.21. The molecule has 0 aliphatic carbocycles. The summed E-state index contributed by atoms with van der Waals surface area (Å²) < 4.78 is 1.02. The van der Waals surface area contributed by atoms with Crippen molar-refractivity contribution in [1.82, 2.24) is 4.98 Å². The number of fused-ring (bicyclic) bond motifs is 2. The number of aromatic nitrogens is 1. The minimum absolute atomic E-state index is 0.0287. The van der Waals surface area contributed by atoms with E-state index in [0.717, 1.165) is 28.0 Å². The molecule has 5 rings (SSSR count). The van der Waals surface area contributed by atoms with E-state index in [-0.39, 0.29) is 11.7 Å². The van der Waals surface area contributed by atoms with Crippen LogP contribution in [0.25, 0.3) is 15.8 Å². The van der Waals surface area contributed by atoms with Gasteiger partial charge in [0.2, 0.25) is 5.91 Å². The van der Waals surface area contributed by atoms with Crippen molar-refractivity contribution < 1.29 is 4.79 Å². The summed E-state index contributed by atoms with van der Waals surface area (Å²) in [7, 11) is 0. The van der Waals surface area contributed by atoms with Gasteiger partial charge >= 0.3 is 0 Å². The molecule has 1 aliphatic heterocycles. The van der Waals surface area contributed by atoms with Crippen molar-refractivity contribution in [3.05, 3.63) is 94.0 Å². The van der Waals surface area contributed by atoms with Crippen molar-refractivity contribution >= 4 is 56.2 Å². The van der Waals surface area contributed by atoms with Crippen LogP contribution in [0.15, 0.2) is 77.8 Å². The zero-order valence-electron chi connectivity index (χ0n) is 20.2. The zero-order chi connectivity index (χ0) is 25.1. The summed E-state index contributed by atoms with van der Waals surface area (Å²) in [5.74, 6) is 0.680. The van der Waals surface area contributed by atoms with E-state index in [2.05, 4.69) is 43.4 Å². The highest BCUT2D eigenvalue weighted by Crippen LogP contribution is 2.34. The van der Waals surface area contributed by atoms with Gasteiger partial charge in [-0.1, -0.05) is 68.1 Å². The van der Waals surface area contributed by atoms with Crippen LogP contribution >= 0.6 is 23.1 Å². The predicted octanol–water partition coefficient (Wildman–Crippen LogP) is 7.05. The van der Waals surface area contributed by atoms with Gasteiger partial charge in [0, 0.05) is 17.9 Å². The number of rotatable bonds is 7. The molecule has 4 aromatic rings. The largest absolute Gasteiger partial charge is 0.349 e. The van der Waals surface area contributed by atoms with Crippen LogP contribution in [0.2, 0.25) is 0 Å². The number of para-hydroxylation sites is 2. The number of nitrogens with zero attached hydrogens (tertiary/aromatic N) is 3. The number of allylic oxidation sites excluding steroid dienone is 1. The van der Waals surface area contributed by atoms with Crippen molar-refractivity contribution in [2.45, 2.75) is 26.2 Å². The predicted molar refractivity (Wildman–Crippen MR) is 151 cm³/mol. The summed E-state index contributed by atoms with van der Waals surface area (Å²) in [6.07, 6.45) is 0.866. The third kappa shape index (κ3) is 5.01. The summed E-state index contributed by atoms with van der Waals surface area (Å²) in [5.41, 5.74) is 5.60. The fourth-order valence-corrected chi connectivity index (χ4v) is 6.17. The van der Waals surface area contributed by atoms with Crippen LogP contribution in [0.1, 0.15) is 35.9 Å². The number of carbonyl (C=O) groups is 1. The minimum Gasteiger partial charge on any atom is -0.349 e. The molecule has 0 fully saturated rings. The first-order valence-electron chi connectivity index (χ1n) is 11.9. The van der Waals surface area contributed by atoms with E-state index in [1.165, 1.54) is 34.2 Å². The number of benzene rings is 3. The van der Waals surface area contributed by atoms with Crippen molar-refractivity contribution in [3.8, 4) is 6.07 Å². The average molecular weight is 511 g/mol. The van der Waals surface area contributed by atoms with Gasteiger partial charge in [0.1, 0.15) is 16.6 Å². The summed E-state index contributed by atoms with van der Waals surface area (Å²) in [4.78, 5) is 19.8. The molecule has 0 bridgehead atoms. The Bertz CT molecular complexity index is 1450. The molecule has 0 saturated carbocycles. The lowest BCUT2D eigenvalue weighted by molar-refractivity contribution is -0.116. The average Bonchev–Trinajstić information content (AvgIpc) is 3.52. The molecular weight excluding hydrogens is 484 g/mol. The molecule has 0 unspecified atom stereocenters. The third-order valence-corrected chi connectivity index (χ3v) is 8.25. The lowest BCUT2D eigenvalue weighted by atomic mass is 10.0. The highest BCUT2D eigenvalue weighted by atomic mass is 32.2. The van der Waals surface area contributed by atoms with Crippen molar-refractivity contribution in [2.75, 3.05) is 22.5 Å². The molecule has 1 amide bonds. The van der Waals surface area contributed by atoms with Gasteiger partial charge < -0.3 is 10.2 Å². The van der Waals surface area contributed by atoms with Gasteiger partial charge in [0.05, 0.1) is 21.0 Å². The number of hydrogen-bond donors (Lipinski definition) is 1. The van der Waals surface area contributed by atoms with Crippen LogP contribution in [0, 0.1) is 11.3 Å². The molecule has 36 heavy (non-hydrogen) atoms. The van der Waals surface area contributed by atoms with Crippen LogP contribution in [0.5, 0.6) is 0 Å². The van der Waals surface area contributed by atoms with E-state index >= 15 is 0 Å².